The Morgan fingerprint density at radius 1 is 1.22 bits per heavy atom. The van der Waals surface area contributed by atoms with Crippen molar-refractivity contribution in [3.8, 4) is 5.75 Å². The number of aromatic nitrogens is 1. The SMILES string of the molecule is COCCCOc1cc(CN)nc2ccccc12. The monoisotopic (exact) mass is 246 g/mol. The summed E-state index contributed by atoms with van der Waals surface area (Å²) in [6.07, 6.45) is 0.866. The van der Waals surface area contributed by atoms with Gasteiger partial charge in [-0.1, -0.05) is 12.1 Å². The predicted molar refractivity (Wildman–Crippen MR) is 71.6 cm³/mol. The lowest BCUT2D eigenvalue weighted by atomic mass is 10.2. The van der Waals surface area contributed by atoms with Crippen LogP contribution in [0.3, 0.4) is 0 Å². The molecule has 2 aromatic rings. The quantitative estimate of drug-likeness (QED) is 0.793. The van der Waals surface area contributed by atoms with Crippen LogP contribution in [0.25, 0.3) is 10.9 Å². The second-order valence-corrected chi connectivity index (χ2v) is 4.03. The fraction of sp³-hybridized carbons (Fsp3) is 0.357. The molecule has 0 atom stereocenters. The molecule has 0 bridgehead atoms. The van der Waals surface area contributed by atoms with Crippen molar-refractivity contribution in [2.75, 3.05) is 20.3 Å². The summed E-state index contributed by atoms with van der Waals surface area (Å²) >= 11 is 0. The van der Waals surface area contributed by atoms with Crippen molar-refractivity contribution in [3.05, 3.63) is 36.0 Å². The lowest BCUT2D eigenvalue weighted by molar-refractivity contribution is 0.172. The van der Waals surface area contributed by atoms with Crippen molar-refractivity contribution in [1.82, 2.24) is 4.98 Å². The number of rotatable bonds is 6. The molecule has 4 nitrogen and oxygen atoms in total. The molecular weight excluding hydrogens is 228 g/mol. The maximum atomic E-state index is 5.79. The average Bonchev–Trinajstić information content (AvgIpc) is 2.43. The van der Waals surface area contributed by atoms with Crippen molar-refractivity contribution in [1.29, 1.82) is 0 Å². The molecule has 0 spiro atoms. The van der Waals surface area contributed by atoms with Crippen molar-refractivity contribution in [2.45, 2.75) is 13.0 Å². The fourth-order valence-electron chi connectivity index (χ4n) is 1.80. The molecule has 0 aliphatic heterocycles. The second kappa shape index (κ2) is 6.33. The number of nitrogens with zero attached hydrogens (tertiary/aromatic N) is 1. The first-order chi connectivity index (χ1) is 8.85. The first-order valence-electron chi connectivity index (χ1n) is 6.05. The van der Waals surface area contributed by atoms with Gasteiger partial charge in [0.1, 0.15) is 5.75 Å². The third kappa shape index (κ3) is 2.97. The second-order valence-electron chi connectivity index (χ2n) is 4.03. The largest absolute Gasteiger partial charge is 0.493 e. The van der Waals surface area contributed by atoms with E-state index >= 15 is 0 Å². The van der Waals surface area contributed by atoms with Gasteiger partial charge in [0.15, 0.2) is 0 Å². The van der Waals surface area contributed by atoms with Gasteiger partial charge < -0.3 is 15.2 Å². The van der Waals surface area contributed by atoms with Gasteiger partial charge in [0, 0.05) is 38.1 Å². The molecule has 0 unspecified atom stereocenters. The lowest BCUT2D eigenvalue weighted by Crippen LogP contribution is -2.05. The summed E-state index contributed by atoms with van der Waals surface area (Å²) < 4.78 is 10.8. The lowest BCUT2D eigenvalue weighted by Gasteiger charge is -2.10. The molecule has 0 aliphatic carbocycles. The van der Waals surface area contributed by atoms with Crippen LogP contribution >= 0.6 is 0 Å². The summed E-state index contributed by atoms with van der Waals surface area (Å²) in [6, 6.07) is 9.83. The molecule has 1 aromatic carbocycles. The number of hydrogen-bond donors (Lipinski definition) is 1. The number of para-hydroxylation sites is 1. The predicted octanol–water partition coefficient (Wildman–Crippen LogP) is 2.11. The highest BCUT2D eigenvalue weighted by atomic mass is 16.5. The normalized spacial score (nSPS) is 10.8. The minimum atomic E-state index is 0.416. The van der Waals surface area contributed by atoms with Crippen LogP contribution in [0.4, 0.5) is 0 Å². The Morgan fingerprint density at radius 3 is 2.83 bits per heavy atom. The van der Waals surface area contributed by atoms with Crippen molar-refractivity contribution >= 4 is 10.9 Å². The van der Waals surface area contributed by atoms with Crippen LogP contribution in [0.1, 0.15) is 12.1 Å². The van der Waals surface area contributed by atoms with E-state index in [0.717, 1.165) is 28.8 Å². The Hall–Kier alpha value is -1.65. The van der Waals surface area contributed by atoms with Gasteiger partial charge in [0.2, 0.25) is 0 Å². The Balaban J connectivity index is 2.23. The summed E-state index contributed by atoms with van der Waals surface area (Å²) in [4.78, 5) is 4.47. The maximum Gasteiger partial charge on any atom is 0.130 e. The smallest absolute Gasteiger partial charge is 0.130 e. The number of ether oxygens (including phenoxy) is 2. The van der Waals surface area contributed by atoms with Gasteiger partial charge in [-0.25, -0.2) is 0 Å². The van der Waals surface area contributed by atoms with Crippen LogP contribution in [-0.4, -0.2) is 25.3 Å². The molecule has 2 N–H and O–H groups in total. The average molecular weight is 246 g/mol. The maximum absolute atomic E-state index is 5.79. The zero-order valence-electron chi connectivity index (χ0n) is 10.6. The Bertz CT molecular complexity index is 514. The van der Waals surface area contributed by atoms with Crippen molar-refractivity contribution in [2.24, 2.45) is 5.73 Å². The zero-order valence-corrected chi connectivity index (χ0v) is 10.6. The van der Waals surface area contributed by atoms with Crippen LogP contribution in [-0.2, 0) is 11.3 Å². The van der Waals surface area contributed by atoms with E-state index in [2.05, 4.69) is 4.98 Å². The number of fused-ring (bicyclic) bond motifs is 1. The summed E-state index contributed by atoms with van der Waals surface area (Å²) in [5.74, 6) is 0.845. The minimum absolute atomic E-state index is 0.416. The van der Waals surface area contributed by atoms with Crippen LogP contribution in [0.2, 0.25) is 0 Å². The fourth-order valence-corrected chi connectivity index (χ4v) is 1.80. The molecule has 1 aromatic heterocycles. The van der Waals surface area contributed by atoms with Crippen LogP contribution < -0.4 is 10.5 Å². The first-order valence-corrected chi connectivity index (χ1v) is 6.05. The van der Waals surface area contributed by atoms with E-state index < -0.39 is 0 Å². The van der Waals surface area contributed by atoms with Crippen molar-refractivity contribution in [3.63, 3.8) is 0 Å². The summed E-state index contributed by atoms with van der Waals surface area (Å²) in [6.45, 7) is 1.75. The molecule has 0 amide bonds. The standard InChI is InChI=1S/C14H18N2O2/c1-17-7-4-8-18-14-9-11(10-15)16-13-6-3-2-5-12(13)14/h2-3,5-6,9H,4,7-8,10,15H2,1H3. The van der Waals surface area contributed by atoms with E-state index in [0.29, 0.717) is 19.8 Å². The van der Waals surface area contributed by atoms with E-state index in [9.17, 15) is 0 Å². The van der Waals surface area contributed by atoms with E-state index in [1.54, 1.807) is 7.11 Å². The number of methoxy groups -OCH3 is 1. The van der Waals surface area contributed by atoms with Gasteiger partial charge in [-0.2, -0.15) is 0 Å². The Labute approximate surface area is 107 Å². The molecule has 0 saturated carbocycles. The van der Waals surface area contributed by atoms with E-state index in [1.165, 1.54) is 0 Å². The summed E-state index contributed by atoms with van der Waals surface area (Å²) in [7, 11) is 1.69. The molecular formula is C14H18N2O2. The summed E-state index contributed by atoms with van der Waals surface area (Å²) in [5, 5.41) is 1.02. The highest BCUT2D eigenvalue weighted by molar-refractivity contribution is 5.85. The van der Waals surface area contributed by atoms with E-state index in [4.69, 9.17) is 15.2 Å². The molecule has 0 saturated heterocycles. The van der Waals surface area contributed by atoms with Gasteiger partial charge in [0.05, 0.1) is 17.8 Å². The molecule has 0 radical (unpaired) electrons. The van der Waals surface area contributed by atoms with Gasteiger partial charge >= 0.3 is 0 Å². The molecule has 1 heterocycles. The Kier molecular flexibility index (Phi) is 4.50. The highest BCUT2D eigenvalue weighted by Crippen LogP contribution is 2.25. The van der Waals surface area contributed by atoms with Gasteiger partial charge in [-0.15, -0.1) is 0 Å². The van der Waals surface area contributed by atoms with Crippen LogP contribution in [0, 0.1) is 0 Å². The van der Waals surface area contributed by atoms with Crippen LogP contribution in [0.15, 0.2) is 30.3 Å². The van der Waals surface area contributed by atoms with Gasteiger partial charge in [-0.3, -0.25) is 4.98 Å². The minimum Gasteiger partial charge on any atom is -0.493 e. The molecule has 96 valence electrons. The summed E-state index contributed by atoms with van der Waals surface area (Å²) in [5.41, 5.74) is 7.41. The first kappa shape index (κ1) is 12.8. The van der Waals surface area contributed by atoms with Gasteiger partial charge in [0.25, 0.3) is 0 Å². The topological polar surface area (TPSA) is 57.4 Å². The van der Waals surface area contributed by atoms with Crippen LogP contribution in [0.5, 0.6) is 5.75 Å². The third-order valence-corrected chi connectivity index (χ3v) is 2.69. The molecule has 4 heteroatoms. The molecule has 0 fully saturated rings. The van der Waals surface area contributed by atoms with Crippen molar-refractivity contribution < 1.29 is 9.47 Å². The number of benzene rings is 1. The van der Waals surface area contributed by atoms with Gasteiger partial charge in [-0.05, 0) is 12.1 Å². The molecule has 0 aliphatic rings. The van der Waals surface area contributed by atoms with E-state index in [1.807, 2.05) is 30.3 Å². The molecule has 18 heavy (non-hydrogen) atoms. The number of pyridine rings is 1. The zero-order chi connectivity index (χ0) is 12.8. The van der Waals surface area contributed by atoms with E-state index in [-0.39, 0.29) is 0 Å². The Morgan fingerprint density at radius 2 is 2.06 bits per heavy atom. The highest BCUT2D eigenvalue weighted by Gasteiger charge is 2.05. The number of nitrogens with two attached hydrogens (primary N) is 1. The third-order valence-electron chi connectivity index (χ3n) is 2.69. The number of hydrogen-bond acceptors (Lipinski definition) is 4. The molecule has 2 rings (SSSR count).